The second kappa shape index (κ2) is 7.75. The number of carboxylic acids is 1. The van der Waals surface area contributed by atoms with Crippen molar-refractivity contribution in [2.45, 2.75) is 18.9 Å². The standard InChI is InChI=1S/C15H10F3N3.C2HF3O2/c16-15(17,18)12-8-13(10-4-2-1-3-5-10)21-7-6-20-14(21)11(12)9-19;3-2(4,5)1(6)7/h1-5,8H,6-7H2;(H,6,7). The van der Waals surface area contributed by atoms with Gasteiger partial charge >= 0.3 is 12.4 Å². The Bertz CT molecular complexity index is 918. The molecule has 11 heteroatoms. The molecule has 0 amide bonds. The lowest BCUT2D eigenvalue weighted by Gasteiger charge is -2.13. The first kappa shape index (κ1) is 21.0. The van der Waals surface area contributed by atoms with Gasteiger partial charge in [-0.15, -0.1) is 0 Å². The molecule has 2 heterocycles. The van der Waals surface area contributed by atoms with Crippen LogP contribution in [0.5, 0.6) is 0 Å². The fourth-order valence-corrected chi connectivity index (χ4v) is 2.56. The number of halogens is 6. The fourth-order valence-electron chi connectivity index (χ4n) is 2.56. The Hall–Kier alpha value is -3.29. The number of hydrogen-bond donors (Lipinski definition) is 1. The van der Waals surface area contributed by atoms with Crippen LogP contribution in [-0.2, 0) is 17.5 Å². The molecule has 0 aliphatic carbocycles. The number of benzene rings is 1. The summed E-state index contributed by atoms with van der Waals surface area (Å²) in [5.74, 6) is -2.77. The van der Waals surface area contributed by atoms with Gasteiger partial charge in [-0.2, -0.15) is 31.6 Å². The molecule has 1 N–H and O–H groups in total. The summed E-state index contributed by atoms with van der Waals surface area (Å²) < 4.78 is 72.9. The number of carbonyl (C=O) groups is 1. The van der Waals surface area contributed by atoms with Crippen molar-refractivity contribution in [3.05, 3.63) is 47.5 Å². The maximum Gasteiger partial charge on any atom is 0.430 e. The molecule has 1 aliphatic heterocycles. The smallest absolute Gasteiger partial charge is 0.430 e. The minimum Gasteiger partial charge on any atom is -0.542 e. The summed E-state index contributed by atoms with van der Waals surface area (Å²) in [7, 11) is 0. The molecule has 5 nitrogen and oxygen atoms in total. The highest BCUT2D eigenvalue weighted by atomic mass is 19.4. The first-order valence-electron chi connectivity index (χ1n) is 7.62. The van der Waals surface area contributed by atoms with E-state index in [1.807, 2.05) is 0 Å². The van der Waals surface area contributed by atoms with E-state index in [0.29, 0.717) is 24.3 Å². The highest BCUT2D eigenvalue weighted by Crippen LogP contribution is 2.36. The van der Waals surface area contributed by atoms with Crippen LogP contribution >= 0.6 is 0 Å². The summed E-state index contributed by atoms with van der Waals surface area (Å²) in [5, 5.41) is 20.8. The van der Waals surface area contributed by atoms with E-state index in [1.165, 1.54) is 0 Å². The Balaban J connectivity index is 0.000000345. The third kappa shape index (κ3) is 4.51. The predicted molar refractivity (Wildman–Crippen MR) is 81.3 cm³/mol. The molecule has 0 radical (unpaired) electrons. The second-order valence-electron chi connectivity index (χ2n) is 5.51. The van der Waals surface area contributed by atoms with Crippen LogP contribution in [0.15, 0.2) is 36.4 Å². The molecule has 3 rings (SSSR count). The molecule has 0 saturated heterocycles. The van der Waals surface area contributed by atoms with Gasteiger partial charge in [0.25, 0.3) is 5.82 Å². The third-order valence-electron chi connectivity index (χ3n) is 3.69. The molecular formula is C17H11F6N3O2. The predicted octanol–water partition coefficient (Wildman–Crippen LogP) is 2.26. The average molecular weight is 403 g/mol. The topological polar surface area (TPSA) is 79.8 Å². The van der Waals surface area contributed by atoms with Crippen molar-refractivity contribution in [1.82, 2.24) is 0 Å². The summed E-state index contributed by atoms with van der Waals surface area (Å²) in [6.45, 7) is 1.04. The highest BCUT2D eigenvalue weighted by Gasteiger charge is 2.40. The van der Waals surface area contributed by atoms with Gasteiger partial charge in [0.1, 0.15) is 30.8 Å². The molecule has 28 heavy (non-hydrogen) atoms. The van der Waals surface area contributed by atoms with Crippen molar-refractivity contribution in [2.24, 2.45) is 0 Å². The van der Waals surface area contributed by atoms with Gasteiger partial charge in [0.05, 0.1) is 5.56 Å². The number of fused-ring (bicyclic) bond motifs is 1. The molecule has 0 saturated carbocycles. The van der Waals surface area contributed by atoms with Crippen molar-refractivity contribution >= 4 is 11.8 Å². The maximum atomic E-state index is 13.2. The molecular weight excluding hydrogens is 392 g/mol. The lowest BCUT2D eigenvalue weighted by atomic mass is 10.0. The molecule has 0 bridgehead atoms. The molecule has 0 spiro atoms. The summed E-state index contributed by atoms with van der Waals surface area (Å²) >= 11 is 0. The Kier molecular flexibility index (Phi) is 5.82. The molecule has 2 aromatic rings. The largest absolute Gasteiger partial charge is 0.542 e. The quantitative estimate of drug-likeness (QED) is 0.585. The first-order chi connectivity index (χ1) is 13.0. The highest BCUT2D eigenvalue weighted by molar-refractivity contribution is 5.70. The Labute approximate surface area is 154 Å². The van der Waals surface area contributed by atoms with E-state index in [9.17, 15) is 26.3 Å². The summed E-state index contributed by atoms with van der Waals surface area (Å²) in [4.78, 5) is 8.78. The number of nitriles is 1. The van der Waals surface area contributed by atoms with Gasteiger partial charge in [0, 0.05) is 5.56 Å². The number of hydrogen-bond acceptors (Lipinski definition) is 4. The van der Waals surface area contributed by atoms with Crippen LogP contribution in [0, 0.1) is 11.3 Å². The van der Waals surface area contributed by atoms with Crippen LogP contribution in [0.2, 0.25) is 0 Å². The van der Waals surface area contributed by atoms with E-state index in [2.05, 4.69) is 5.32 Å². The number of carboxylic acid groups (broad SMARTS) is 1. The van der Waals surface area contributed by atoms with Gasteiger partial charge in [0.15, 0.2) is 5.56 Å². The number of rotatable bonds is 1. The van der Waals surface area contributed by atoms with Crippen molar-refractivity contribution < 1.29 is 40.8 Å². The minimum atomic E-state index is -5.19. The van der Waals surface area contributed by atoms with Crippen LogP contribution in [0.25, 0.3) is 11.3 Å². The summed E-state index contributed by atoms with van der Waals surface area (Å²) in [6, 6.07) is 11.6. The number of anilines is 1. The normalized spacial score (nSPS) is 12.9. The van der Waals surface area contributed by atoms with Crippen LogP contribution < -0.4 is 15.0 Å². The van der Waals surface area contributed by atoms with Gasteiger partial charge < -0.3 is 9.90 Å². The van der Waals surface area contributed by atoms with E-state index in [4.69, 9.17) is 15.2 Å². The lowest BCUT2D eigenvalue weighted by Crippen LogP contribution is -2.37. The number of nitrogens with zero attached hydrogens (tertiary/aromatic N) is 2. The number of nitrogens with one attached hydrogen (secondary N) is 1. The van der Waals surface area contributed by atoms with Crippen molar-refractivity contribution in [3.8, 4) is 17.3 Å². The number of alkyl halides is 6. The van der Waals surface area contributed by atoms with Crippen LogP contribution in [0.1, 0.15) is 11.1 Å². The zero-order valence-corrected chi connectivity index (χ0v) is 13.9. The lowest BCUT2D eigenvalue weighted by molar-refractivity contribution is -0.659. The zero-order valence-electron chi connectivity index (χ0n) is 13.9. The SMILES string of the molecule is N#Cc1c(C(F)(F)F)cc(-c2ccccc2)[n+]2c1NCC2.O=C([O-])C(F)(F)F. The summed E-state index contributed by atoms with van der Waals surface area (Å²) in [5.41, 5.74) is -0.0939. The summed E-state index contributed by atoms with van der Waals surface area (Å²) in [6.07, 6.45) is -9.76. The molecule has 0 atom stereocenters. The van der Waals surface area contributed by atoms with Crippen LogP contribution in [0.3, 0.4) is 0 Å². The van der Waals surface area contributed by atoms with Gasteiger partial charge in [-0.3, -0.25) is 5.32 Å². The molecule has 1 aromatic carbocycles. The number of aliphatic carboxylic acids is 1. The second-order valence-corrected chi connectivity index (χ2v) is 5.51. The van der Waals surface area contributed by atoms with E-state index in [0.717, 1.165) is 6.07 Å². The van der Waals surface area contributed by atoms with Crippen molar-refractivity contribution in [2.75, 3.05) is 11.9 Å². The molecule has 1 aromatic heterocycles. The average Bonchev–Trinajstić information content (AvgIpc) is 3.09. The van der Waals surface area contributed by atoms with Crippen LogP contribution in [0.4, 0.5) is 32.2 Å². The number of pyridine rings is 1. The fraction of sp³-hybridized carbons (Fsp3) is 0.235. The van der Waals surface area contributed by atoms with E-state index < -0.39 is 23.9 Å². The Morgan fingerprint density at radius 2 is 1.71 bits per heavy atom. The first-order valence-corrected chi connectivity index (χ1v) is 7.62. The third-order valence-corrected chi connectivity index (χ3v) is 3.69. The van der Waals surface area contributed by atoms with Crippen LogP contribution in [-0.4, -0.2) is 18.7 Å². The molecule has 0 unspecified atom stereocenters. The maximum absolute atomic E-state index is 13.2. The van der Waals surface area contributed by atoms with Gasteiger partial charge in [-0.25, -0.2) is 4.57 Å². The Morgan fingerprint density at radius 1 is 1.14 bits per heavy atom. The van der Waals surface area contributed by atoms with Gasteiger partial charge in [-0.1, -0.05) is 30.3 Å². The number of carbonyl (C=O) groups excluding carboxylic acids is 1. The zero-order chi connectivity index (χ0) is 21.1. The monoisotopic (exact) mass is 403 g/mol. The van der Waals surface area contributed by atoms with Crippen molar-refractivity contribution in [3.63, 3.8) is 0 Å². The molecule has 1 aliphatic rings. The van der Waals surface area contributed by atoms with E-state index in [-0.39, 0.29) is 11.4 Å². The van der Waals surface area contributed by atoms with Gasteiger partial charge in [-0.05, 0) is 6.07 Å². The van der Waals surface area contributed by atoms with Crippen molar-refractivity contribution in [1.29, 1.82) is 5.26 Å². The minimum absolute atomic E-state index is 0.242. The van der Waals surface area contributed by atoms with E-state index >= 15 is 0 Å². The number of aromatic nitrogens is 1. The van der Waals surface area contributed by atoms with E-state index in [1.54, 1.807) is 41.0 Å². The molecule has 148 valence electrons. The van der Waals surface area contributed by atoms with Gasteiger partial charge in [0.2, 0.25) is 0 Å². The molecule has 0 fully saturated rings. The Morgan fingerprint density at radius 3 is 2.18 bits per heavy atom.